The predicted molar refractivity (Wildman–Crippen MR) is 83.7 cm³/mol. The van der Waals surface area contributed by atoms with Crippen molar-refractivity contribution >= 4 is 37.5 Å². The number of nitrogens with one attached hydrogen (secondary N) is 1. The molecule has 0 fully saturated rings. The van der Waals surface area contributed by atoms with Crippen molar-refractivity contribution in [2.24, 2.45) is 5.73 Å². The van der Waals surface area contributed by atoms with E-state index >= 15 is 0 Å². The van der Waals surface area contributed by atoms with Gasteiger partial charge in [0.2, 0.25) is 0 Å². The first-order valence-corrected chi connectivity index (χ1v) is 7.36. The third-order valence-electron chi connectivity index (χ3n) is 2.77. The van der Waals surface area contributed by atoms with Crippen LogP contribution in [0.1, 0.15) is 11.6 Å². The highest BCUT2D eigenvalue weighted by atomic mass is 79.9. The largest absolute Gasteiger partial charge is 0.376 e. The number of hydrogen-bond donors (Lipinski definition) is 2. The van der Waals surface area contributed by atoms with Crippen molar-refractivity contribution in [1.29, 1.82) is 0 Å². The maximum atomic E-state index is 13.4. The zero-order valence-electron chi connectivity index (χ0n) is 10.0. The molecule has 3 N–H and O–H groups in total. The minimum atomic E-state index is -0.273. The third kappa shape index (κ3) is 3.55. The van der Waals surface area contributed by atoms with E-state index in [-0.39, 0.29) is 11.9 Å². The third-order valence-corrected chi connectivity index (χ3v) is 4.19. The number of para-hydroxylation sites is 1. The lowest BCUT2D eigenvalue weighted by Crippen LogP contribution is -2.21. The summed E-state index contributed by atoms with van der Waals surface area (Å²) in [6.07, 6.45) is 0. The molecule has 2 nitrogen and oxygen atoms in total. The van der Waals surface area contributed by atoms with Gasteiger partial charge in [-0.1, -0.05) is 28.1 Å². The number of nitrogens with two attached hydrogens (primary N) is 1. The zero-order valence-corrected chi connectivity index (χ0v) is 13.2. The Labute approximate surface area is 128 Å². The van der Waals surface area contributed by atoms with Crippen LogP contribution in [0.5, 0.6) is 0 Å². The molecule has 0 aliphatic heterocycles. The second-order valence-corrected chi connectivity index (χ2v) is 5.79. The minimum Gasteiger partial charge on any atom is -0.376 e. The van der Waals surface area contributed by atoms with Crippen LogP contribution in [0.15, 0.2) is 51.4 Å². The van der Waals surface area contributed by atoms with Crippen LogP contribution >= 0.6 is 31.9 Å². The maximum Gasteiger partial charge on any atom is 0.123 e. The summed E-state index contributed by atoms with van der Waals surface area (Å²) in [5.41, 5.74) is 7.53. The smallest absolute Gasteiger partial charge is 0.123 e. The zero-order chi connectivity index (χ0) is 13.8. The van der Waals surface area contributed by atoms with Crippen LogP contribution in [-0.4, -0.2) is 6.54 Å². The molecule has 0 radical (unpaired) electrons. The Kier molecular flexibility index (Phi) is 4.96. The van der Waals surface area contributed by atoms with E-state index in [0.717, 1.165) is 20.2 Å². The molecule has 1 atom stereocenters. The lowest BCUT2D eigenvalue weighted by Gasteiger charge is -2.20. The van der Waals surface area contributed by atoms with Crippen molar-refractivity contribution in [3.63, 3.8) is 0 Å². The molecule has 5 heteroatoms. The summed E-state index contributed by atoms with van der Waals surface area (Å²) < 4.78 is 15.1. The highest BCUT2D eigenvalue weighted by molar-refractivity contribution is 9.11. The Morgan fingerprint density at radius 2 is 1.84 bits per heavy atom. The summed E-state index contributed by atoms with van der Waals surface area (Å²) in [4.78, 5) is 0. The predicted octanol–water partition coefficient (Wildman–Crippen LogP) is 4.46. The number of benzene rings is 2. The highest BCUT2D eigenvalue weighted by Gasteiger charge is 2.14. The van der Waals surface area contributed by atoms with Crippen LogP contribution in [-0.2, 0) is 0 Å². The van der Waals surface area contributed by atoms with E-state index in [1.165, 1.54) is 12.1 Å². The van der Waals surface area contributed by atoms with E-state index in [1.54, 1.807) is 6.07 Å². The SMILES string of the molecule is NCC(Nc1ccccc1Br)c1cc(F)ccc1Br. The minimum absolute atomic E-state index is 0.163. The van der Waals surface area contributed by atoms with Crippen molar-refractivity contribution in [3.8, 4) is 0 Å². The summed E-state index contributed by atoms with van der Waals surface area (Å²) in [5.74, 6) is -0.273. The first-order chi connectivity index (χ1) is 9.11. The van der Waals surface area contributed by atoms with Crippen molar-refractivity contribution in [3.05, 3.63) is 62.8 Å². The molecular weight excluding hydrogens is 375 g/mol. The Morgan fingerprint density at radius 3 is 2.53 bits per heavy atom. The molecule has 19 heavy (non-hydrogen) atoms. The Bertz CT molecular complexity index is 575. The summed E-state index contributed by atoms with van der Waals surface area (Å²) in [6.45, 7) is 0.364. The molecule has 0 aliphatic rings. The molecule has 100 valence electrons. The molecule has 0 bridgehead atoms. The highest BCUT2D eigenvalue weighted by Crippen LogP contribution is 2.29. The van der Waals surface area contributed by atoms with Gasteiger partial charge in [0.15, 0.2) is 0 Å². The molecule has 1 unspecified atom stereocenters. The quantitative estimate of drug-likeness (QED) is 0.812. The van der Waals surface area contributed by atoms with Gasteiger partial charge in [0.05, 0.1) is 6.04 Å². The molecule has 0 heterocycles. The number of anilines is 1. The monoisotopic (exact) mass is 386 g/mol. The second-order valence-electron chi connectivity index (χ2n) is 4.08. The van der Waals surface area contributed by atoms with Gasteiger partial charge in [-0.15, -0.1) is 0 Å². The summed E-state index contributed by atoms with van der Waals surface area (Å²) in [5, 5.41) is 3.31. The van der Waals surface area contributed by atoms with E-state index in [2.05, 4.69) is 37.2 Å². The molecule has 0 aliphatic carbocycles. The van der Waals surface area contributed by atoms with E-state index in [0.29, 0.717) is 6.54 Å². The summed E-state index contributed by atoms with van der Waals surface area (Å²) in [7, 11) is 0. The average Bonchev–Trinajstić information content (AvgIpc) is 2.41. The van der Waals surface area contributed by atoms with Crippen molar-refractivity contribution in [1.82, 2.24) is 0 Å². The molecule has 2 aromatic rings. The number of halogens is 3. The first-order valence-electron chi connectivity index (χ1n) is 5.78. The van der Waals surface area contributed by atoms with Gasteiger partial charge in [0, 0.05) is 21.2 Å². The second kappa shape index (κ2) is 6.50. The fourth-order valence-electron chi connectivity index (χ4n) is 1.81. The molecule has 2 rings (SSSR count). The van der Waals surface area contributed by atoms with Crippen molar-refractivity contribution < 1.29 is 4.39 Å². The summed E-state index contributed by atoms with van der Waals surface area (Å²) >= 11 is 6.90. The van der Waals surface area contributed by atoms with Crippen molar-refractivity contribution in [2.75, 3.05) is 11.9 Å². The lowest BCUT2D eigenvalue weighted by atomic mass is 10.1. The van der Waals surface area contributed by atoms with Crippen LogP contribution in [0.3, 0.4) is 0 Å². The molecule has 0 saturated carbocycles. The first kappa shape index (κ1) is 14.5. The van der Waals surface area contributed by atoms with Crippen LogP contribution < -0.4 is 11.1 Å². The normalized spacial score (nSPS) is 12.2. The van der Waals surface area contributed by atoms with Crippen LogP contribution in [0, 0.1) is 5.82 Å². The molecule has 2 aromatic carbocycles. The van der Waals surface area contributed by atoms with E-state index in [1.807, 2.05) is 24.3 Å². The van der Waals surface area contributed by atoms with Crippen LogP contribution in [0.4, 0.5) is 10.1 Å². The molecule has 0 aromatic heterocycles. The standard InChI is InChI=1S/C14H13Br2FN2/c15-11-6-5-9(17)7-10(11)14(8-18)19-13-4-2-1-3-12(13)16/h1-7,14,19H,8,18H2. The Balaban J connectivity index is 2.30. The number of rotatable bonds is 4. The molecular formula is C14H13Br2FN2. The fourth-order valence-corrected chi connectivity index (χ4v) is 2.73. The number of hydrogen-bond acceptors (Lipinski definition) is 2. The fraction of sp³-hybridized carbons (Fsp3) is 0.143. The van der Waals surface area contributed by atoms with Gasteiger partial charge in [-0.2, -0.15) is 0 Å². The van der Waals surface area contributed by atoms with E-state index < -0.39 is 0 Å². The lowest BCUT2D eigenvalue weighted by molar-refractivity contribution is 0.621. The van der Waals surface area contributed by atoms with Gasteiger partial charge >= 0.3 is 0 Å². The van der Waals surface area contributed by atoms with Gasteiger partial charge in [0.25, 0.3) is 0 Å². The van der Waals surface area contributed by atoms with E-state index in [9.17, 15) is 4.39 Å². The van der Waals surface area contributed by atoms with Gasteiger partial charge < -0.3 is 11.1 Å². The van der Waals surface area contributed by atoms with Gasteiger partial charge in [0.1, 0.15) is 5.82 Å². The molecule has 0 spiro atoms. The average molecular weight is 388 g/mol. The van der Waals surface area contributed by atoms with Gasteiger partial charge in [-0.25, -0.2) is 4.39 Å². The Hall–Kier alpha value is -0.910. The molecule has 0 saturated heterocycles. The molecule has 0 amide bonds. The van der Waals surface area contributed by atoms with E-state index in [4.69, 9.17) is 5.73 Å². The maximum absolute atomic E-state index is 13.4. The van der Waals surface area contributed by atoms with Crippen molar-refractivity contribution in [2.45, 2.75) is 6.04 Å². The van der Waals surface area contributed by atoms with Gasteiger partial charge in [-0.05, 0) is 51.8 Å². The summed E-state index contributed by atoms with van der Waals surface area (Å²) in [6, 6.07) is 12.2. The Morgan fingerprint density at radius 1 is 1.11 bits per heavy atom. The van der Waals surface area contributed by atoms with Gasteiger partial charge in [-0.3, -0.25) is 0 Å². The van der Waals surface area contributed by atoms with Crippen LogP contribution in [0.2, 0.25) is 0 Å². The topological polar surface area (TPSA) is 38.0 Å². The van der Waals surface area contributed by atoms with Crippen LogP contribution in [0.25, 0.3) is 0 Å².